The molecule has 3 atom stereocenters. The lowest BCUT2D eigenvalue weighted by Gasteiger charge is -2.20. The van der Waals surface area contributed by atoms with Gasteiger partial charge in [0.05, 0.1) is 40.0 Å². The highest BCUT2D eigenvalue weighted by Gasteiger charge is 2.51. The molecule has 2 aliphatic carbocycles. The predicted molar refractivity (Wildman–Crippen MR) is 118 cm³/mol. The van der Waals surface area contributed by atoms with Crippen LogP contribution >= 0.6 is 0 Å². The molecule has 2 aliphatic rings. The monoisotopic (exact) mass is 510 g/mol. The zero-order valence-corrected chi connectivity index (χ0v) is 20.0. The number of alkyl halides is 3. The first-order valence-corrected chi connectivity index (χ1v) is 12.7. The number of carbonyl (C=O) groups excluding carboxylic acids is 1. The fourth-order valence-electron chi connectivity index (χ4n) is 4.53. The number of carbonyl (C=O) groups is 1. The quantitative estimate of drug-likeness (QED) is 0.612. The van der Waals surface area contributed by atoms with Gasteiger partial charge in [-0.25, -0.2) is 8.42 Å². The number of nitriles is 1. The Morgan fingerprint density at radius 3 is 2.57 bits per heavy atom. The first-order chi connectivity index (χ1) is 16.4. The van der Waals surface area contributed by atoms with E-state index in [-0.39, 0.29) is 25.0 Å². The maximum atomic E-state index is 14.0. The van der Waals surface area contributed by atoms with Crippen LogP contribution in [0, 0.1) is 17.2 Å². The summed E-state index contributed by atoms with van der Waals surface area (Å²) in [6.45, 7) is 1.89. The normalized spacial score (nSPS) is 23.6. The first kappa shape index (κ1) is 25.2. The summed E-state index contributed by atoms with van der Waals surface area (Å²) in [7, 11) is -2.84. The number of halogens is 3. The van der Waals surface area contributed by atoms with Crippen LogP contribution in [-0.4, -0.2) is 47.6 Å². The minimum Gasteiger partial charge on any atom is -0.378 e. The molecule has 2 fully saturated rings. The van der Waals surface area contributed by atoms with E-state index in [1.807, 2.05) is 6.07 Å². The molecule has 0 radical (unpaired) electrons. The van der Waals surface area contributed by atoms with E-state index in [1.165, 1.54) is 23.1 Å². The lowest BCUT2D eigenvalue weighted by Crippen LogP contribution is -2.42. The van der Waals surface area contributed by atoms with Crippen molar-refractivity contribution in [3.8, 4) is 17.2 Å². The average molecular weight is 511 g/mol. The van der Waals surface area contributed by atoms with Crippen LogP contribution in [-0.2, 0) is 32.6 Å². The van der Waals surface area contributed by atoms with Crippen molar-refractivity contribution in [3.05, 3.63) is 36.2 Å². The summed E-state index contributed by atoms with van der Waals surface area (Å²) in [4.78, 5) is 12.0. The van der Waals surface area contributed by atoms with E-state index >= 15 is 0 Å². The van der Waals surface area contributed by atoms with Crippen molar-refractivity contribution in [3.63, 3.8) is 0 Å². The van der Waals surface area contributed by atoms with Crippen LogP contribution in [0.4, 0.5) is 13.2 Å². The Balaban J connectivity index is 1.66. The molecule has 1 amide bonds. The molecule has 0 bridgehead atoms. The van der Waals surface area contributed by atoms with Gasteiger partial charge < -0.3 is 10.1 Å². The highest BCUT2D eigenvalue weighted by molar-refractivity contribution is 7.92. The van der Waals surface area contributed by atoms with Crippen LogP contribution in [0.3, 0.4) is 0 Å². The minimum atomic E-state index is -4.92. The van der Waals surface area contributed by atoms with Gasteiger partial charge in [-0.3, -0.25) is 9.48 Å². The number of ether oxygens (including phenoxy) is 1. The molecule has 2 saturated carbocycles. The number of nitrogens with zero attached hydrogens (tertiary/aromatic N) is 3. The standard InChI is InChI=1S/C23H25F3N4O4S/c1-3-34-19-10-16(9-17(19)21(31)29-22(13-27)6-7-22)35(32,33)20-5-4-14(8-18(20)23(24,25)26)15-11-28-30(2)12-15/h4-5,8,11-12,16-17,19H,3,6-7,9-10H2,1-2H3,(H,29,31)/t16-,17-,19-/m0/s1. The van der Waals surface area contributed by atoms with Gasteiger partial charge in [0.15, 0.2) is 9.84 Å². The van der Waals surface area contributed by atoms with Gasteiger partial charge in [0, 0.05) is 25.4 Å². The van der Waals surface area contributed by atoms with E-state index in [9.17, 15) is 31.6 Å². The van der Waals surface area contributed by atoms with Crippen molar-refractivity contribution in [1.82, 2.24) is 15.1 Å². The van der Waals surface area contributed by atoms with Gasteiger partial charge in [-0.15, -0.1) is 0 Å². The molecule has 4 rings (SSSR count). The molecular weight excluding hydrogens is 485 g/mol. The Morgan fingerprint density at radius 2 is 2.03 bits per heavy atom. The number of benzene rings is 1. The summed E-state index contributed by atoms with van der Waals surface area (Å²) >= 11 is 0. The summed E-state index contributed by atoms with van der Waals surface area (Å²) in [5.74, 6) is -1.40. The SMILES string of the molecule is CCO[C@H]1C[C@@H](S(=O)(=O)c2ccc(-c3cnn(C)c3)cc2C(F)(F)F)C[C@@H]1C(=O)NC1(C#N)CC1. The topological polar surface area (TPSA) is 114 Å². The number of amides is 1. The van der Waals surface area contributed by atoms with Gasteiger partial charge in [-0.05, 0) is 50.3 Å². The maximum Gasteiger partial charge on any atom is 0.417 e. The summed E-state index contributed by atoms with van der Waals surface area (Å²) in [5, 5.41) is 14.6. The number of aryl methyl sites for hydroxylation is 1. The van der Waals surface area contributed by atoms with E-state index in [4.69, 9.17) is 4.74 Å². The van der Waals surface area contributed by atoms with Crippen molar-refractivity contribution >= 4 is 15.7 Å². The van der Waals surface area contributed by atoms with Crippen LogP contribution in [0.5, 0.6) is 0 Å². The Morgan fingerprint density at radius 1 is 1.31 bits per heavy atom. The highest BCUT2D eigenvalue weighted by atomic mass is 32.2. The predicted octanol–water partition coefficient (Wildman–Crippen LogP) is 3.24. The molecule has 0 aliphatic heterocycles. The number of hydrogen-bond acceptors (Lipinski definition) is 6. The lowest BCUT2D eigenvalue weighted by atomic mass is 10.0. The van der Waals surface area contributed by atoms with Gasteiger partial charge in [-0.2, -0.15) is 23.5 Å². The fraction of sp³-hybridized carbons (Fsp3) is 0.522. The van der Waals surface area contributed by atoms with Crippen LogP contribution < -0.4 is 5.32 Å². The molecule has 1 aromatic heterocycles. The number of aromatic nitrogens is 2. The van der Waals surface area contributed by atoms with Gasteiger partial charge in [0.25, 0.3) is 0 Å². The molecule has 35 heavy (non-hydrogen) atoms. The summed E-state index contributed by atoms with van der Waals surface area (Å²) in [6.07, 6.45) is -2.08. The van der Waals surface area contributed by atoms with E-state index < -0.39 is 55.2 Å². The van der Waals surface area contributed by atoms with Crippen molar-refractivity contribution in [2.45, 2.75) is 60.6 Å². The van der Waals surface area contributed by atoms with Crippen molar-refractivity contribution in [2.75, 3.05) is 6.61 Å². The second kappa shape index (κ2) is 8.95. The van der Waals surface area contributed by atoms with Gasteiger partial charge >= 0.3 is 6.18 Å². The van der Waals surface area contributed by atoms with E-state index in [0.717, 1.165) is 12.1 Å². The summed E-state index contributed by atoms with van der Waals surface area (Å²) < 4.78 is 76.0. The summed E-state index contributed by atoms with van der Waals surface area (Å²) in [6, 6.07) is 5.15. The second-order valence-electron chi connectivity index (χ2n) is 9.03. The van der Waals surface area contributed by atoms with Crippen molar-refractivity contribution in [1.29, 1.82) is 5.26 Å². The number of nitrogens with one attached hydrogen (secondary N) is 1. The smallest absolute Gasteiger partial charge is 0.378 e. The fourth-order valence-corrected chi connectivity index (χ4v) is 6.53. The van der Waals surface area contributed by atoms with Gasteiger partial charge in [0.1, 0.15) is 5.54 Å². The lowest BCUT2D eigenvalue weighted by molar-refractivity contribution is -0.139. The zero-order chi connectivity index (χ0) is 25.6. The third-order valence-electron chi connectivity index (χ3n) is 6.57. The Labute approximate surface area is 201 Å². The molecule has 188 valence electrons. The number of hydrogen-bond donors (Lipinski definition) is 1. The highest BCUT2D eigenvalue weighted by Crippen LogP contribution is 2.43. The number of rotatable bonds is 7. The van der Waals surface area contributed by atoms with Crippen molar-refractivity contribution in [2.24, 2.45) is 13.0 Å². The number of sulfone groups is 1. The molecule has 1 heterocycles. The Kier molecular flexibility index (Phi) is 6.44. The van der Waals surface area contributed by atoms with Crippen molar-refractivity contribution < 1.29 is 31.1 Å². The largest absolute Gasteiger partial charge is 0.417 e. The third-order valence-corrected chi connectivity index (χ3v) is 8.80. The zero-order valence-electron chi connectivity index (χ0n) is 19.2. The second-order valence-corrected chi connectivity index (χ2v) is 11.2. The van der Waals surface area contributed by atoms with Gasteiger partial charge in [-0.1, -0.05) is 6.07 Å². The molecule has 2 aromatic rings. The molecular formula is C23H25F3N4O4S. The third kappa shape index (κ3) is 4.92. The molecule has 12 heteroatoms. The molecule has 0 spiro atoms. The van der Waals surface area contributed by atoms with E-state index in [0.29, 0.717) is 18.4 Å². The minimum absolute atomic E-state index is 0.116. The first-order valence-electron chi connectivity index (χ1n) is 11.2. The molecule has 8 nitrogen and oxygen atoms in total. The van der Waals surface area contributed by atoms with E-state index in [2.05, 4.69) is 10.4 Å². The van der Waals surface area contributed by atoms with Gasteiger partial charge in [0.2, 0.25) is 5.91 Å². The Hall–Kier alpha value is -2.91. The molecule has 0 unspecified atom stereocenters. The van der Waals surface area contributed by atoms with Crippen LogP contribution in [0.25, 0.3) is 11.1 Å². The Bertz CT molecular complexity index is 1280. The molecule has 0 saturated heterocycles. The maximum absolute atomic E-state index is 14.0. The van der Waals surface area contributed by atoms with Crippen LogP contribution in [0.15, 0.2) is 35.5 Å². The molecule has 1 N–H and O–H groups in total. The van der Waals surface area contributed by atoms with Crippen LogP contribution in [0.1, 0.15) is 38.2 Å². The summed E-state index contributed by atoms with van der Waals surface area (Å²) in [5.41, 5.74) is -1.61. The average Bonchev–Trinajstić information content (AvgIpc) is 3.21. The molecule has 1 aromatic carbocycles. The van der Waals surface area contributed by atoms with Crippen LogP contribution in [0.2, 0.25) is 0 Å². The van der Waals surface area contributed by atoms with E-state index in [1.54, 1.807) is 14.0 Å².